The summed E-state index contributed by atoms with van der Waals surface area (Å²) in [4.78, 5) is 0. The molecule has 2 aliphatic heterocycles. The predicted octanol–water partition coefficient (Wildman–Crippen LogP) is 3.31. The summed E-state index contributed by atoms with van der Waals surface area (Å²) in [6, 6.07) is 7.43. The van der Waals surface area contributed by atoms with E-state index in [1.807, 2.05) is 25.1 Å². The standard InChI is InChI=1S/C21H24O7/c1-11-18(12-6-7-14(23-3)20(25-5)19(12)24-4)13-8-16-17(27-10-26-16)9-15(13)28-21(11,2)22/h6-9,11,18,22H,10H2,1-5H3/t11-,18-,21-/m1/s1. The van der Waals surface area contributed by atoms with Crippen LogP contribution in [-0.4, -0.2) is 39.0 Å². The van der Waals surface area contributed by atoms with Crippen molar-refractivity contribution in [3.8, 4) is 34.5 Å². The summed E-state index contributed by atoms with van der Waals surface area (Å²) in [5, 5.41) is 11.0. The molecule has 0 bridgehead atoms. The van der Waals surface area contributed by atoms with E-state index in [0.717, 1.165) is 11.1 Å². The van der Waals surface area contributed by atoms with E-state index in [9.17, 15) is 5.11 Å². The van der Waals surface area contributed by atoms with Gasteiger partial charge in [-0.1, -0.05) is 13.0 Å². The number of ether oxygens (including phenoxy) is 6. The molecule has 0 amide bonds. The van der Waals surface area contributed by atoms with E-state index in [4.69, 9.17) is 28.4 Å². The van der Waals surface area contributed by atoms with Crippen LogP contribution in [0.1, 0.15) is 30.9 Å². The molecule has 28 heavy (non-hydrogen) atoms. The maximum Gasteiger partial charge on any atom is 0.231 e. The highest BCUT2D eigenvalue weighted by molar-refractivity contribution is 5.62. The van der Waals surface area contributed by atoms with Gasteiger partial charge in [-0.05, 0) is 12.1 Å². The van der Waals surface area contributed by atoms with Gasteiger partial charge in [0, 0.05) is 36.0 Å². The van der Waals surface area contributed by atoms with Crippen molar-refractivity contribution in [2.24, 2.45) is 5.92 Å². The highest BCUT2D eigenvalue weighted by Gasteiger charge is 2.46. The van der Waals surface area contributed by atoms with E-state index in [0.29, 0.717) is 34.5 Å². The average Bonchev–Trinajstić information content (AvgIpc) is 3.13. The van der Waals surface area contributed by atoms with Crippen LogP contribution in [0.2, 0.25) is 0 Å². The molecule has 0 fully saturated rings. The normalized spacial score (nSPS) is 24.9. The monoisotopic (exact) mass is 388 g/mol. The van der Waals surface area contributed by atoms with E-state index in [1.54, 1.807) is 34.3 Å². The lowest BCUT2D eigenvalue weighted by Gasteiger charge is -2.42. The molecule has 4 rings (SSSR count). The molecule has 150 valence electrons. The smallest absolute Gasteiger partial charge is 0.231 e. The topological polar surface area (TPSA) is 75.6 Å². The van der Waals surface area contributed by atoms with Crippen molar-refractivity contribution in [3.05, 3.63) is 35.4 Å². The zero-order chi connectivity index (χ0) is 20.1. The second-order valence-electron chi connectivity index (χ2n) is 7.09. The summed E-state index contributed by atoms with van der Waals surface area (Å²) < 4.78 is 33.6. The quantitative estimate of drug-likeness (QED) is 0.861. The molecule has 0 unspecified atom stereocenters. The predicted molar refractivity (Wildman–Crippen MR) is 101 cm³/mol. The molecule has 1 N–H and O–H groups in total. The third kappa shape index (κ3) is 2.69. The first-order valence-electron chi connectivity index (χ1n) is 9.05. The average molecular weight is 388 g/mol. The Morgan fingerprint density at radius 2 is 1.61 bits per heavy atom. The van der Waals surface area contributed by atoms with Crippen LogP contribution in [-0.2, 0) is 0 Å². The minimum atomic E-state index is -1.39. The Bertz CT molecular complexity index is 906. The van der Waals surface area contributed by atoms with Gasteiger partial charge in [-0.25, -0.2) is 0 Å². The van der Waals surface area contributed by atoms with Crippen molar-refractivity contribution in [1.29, 1.82) is 0 Å². The Kier molecular flexibility index (Phi) is 4.42. The number of rotatable bonds is 4. The molecule has 2 aromatic carbocycles. The Morgan fingerprint density at radius 1 is 0.929 bits per heavy atom. The summed E-state index contributed by atoms with van der Waals surface area (Å²) in [7, 11) is 4.73. The van der Waals surface area contributed by atoms with Gasteiger partial charge in [-0.3, -0.25) is 0 Å². The maximum atomic E-state index is 11.0. The second-order valence-corrected chi connectivity index (χ2v) is 7.09. The summed E-state index contributed by atoms with van der Waals surface area (Å²) in [5.41, 5.74) is 1.74. The first kappa shape index (κ1) is 18.6. The molecular weight excluding hydrogens is 364 g/mol. The molecule has 0 saturated carbocycles. The van der Waals surface area contributed by atoms with Gasteiger partial charge in [0.2, 0.25) is 18.3 Å². The number of methoxy groups -OCH3 is 3. The molecule has 0 saturated heterocycles. The number of aliphatic hydroxyl groups is 1. The summed E-state index contributed by atoms with van der Waals surface area (Å²) in [6.45, 7) is 3.76. The zero-order valence-electron chi connectivity index (χ0n) is 16.6. The van der Waals surface area contributed by atoms with Crippen LogP contribution >= 0.6 is 0 Å². The van der Waals surface area contributed by atoms with Gasteiger partial charge in [0.1, 0.15) is 5.75 Å². The third-order valence-corrected chi connectivity index (χ3v) is 5.57. The van der Waals surface area contributed by atoms with Crippen LogP contribution in [0.3, 0.4) is 0 Å². The molecule has 0 aromatic heterocycles. The van der Waals surface area contributed by atoms with Crippen LogP contribution in [0.25, 0.3) is 0 Å². The molecule has 0 spiro atoms. The van der Waals surface area contributed by atoms with Gasteiger partial charge in [0.25, 0.3) is 0 Å². The van der Waals surface area contributed by atoms with Crippen LogP contribution in [0.15, 0.2) is 24.3 Å². The minimum absolute atomic E-state index is 0.161. The summed E-state index contributed by atoms with van der Waals surface area (Å²) >= 11 is 0. The summed E-state index contributed by atoms with van der Waals surface area (Å²) in [5.74, 6) is 1.53. The molecule has 3 atom stereocenters. The van der Waals surface area contributed by atoms with Gasteiger partial charge in [0.05, 0.1) is 21.3 Å². The first-order valence-corrected chi connectivity index (χ1v) is 9.05. The van der Waals surface area contributed by atoms with Crippen LogP contribution in [0.4, 0.5) is 0 Å². The molecular formula is C21H24O7. The number of hydrogen-bond acceptors (Lipinski definition) is 7. The lowest BCUT2D eigenvalue weighted by Crippen LogP contribution is -2.45. The Labute approximate surface area is 163 Å². The fraction of sp³-hybridized carbons (Fsp3) is 0.429. The van der Waals surface area contributed by atoms with E-state index in [2.05, 4.69) is 0 Å². The maximum absolute atomic E-state index is 11.0. The van der Waals surface area contributed by atoms with Crippen LogP contribution in [0.5, 0.6) is 34.5 Å². The van der Waals surface area contributed by atoms with Gasteiger partial charge in [0.15, 0.2) is 23.0 Å². The molecule has 7 nitrogen and oxygen atoms in total. The lowest BCUT2D eigenvalue weighted by atomic mass is 9.75. The third-order valence-electron chi connectivity index (χ3n) is 5.57. The second kappa shape index (κ2) is 6.67. The molecule has 0 aliphatic carbocycles. The highest BCUT2D eigenvalue weighted by atomic mass is 16.7. The SMILES string of the molecule is COc1ccc([C@@H]2c3cc4c(cc3O[C@@](C)(O)[C@@H]2C)OCO4)c(OC)c1OC. The molecule has 0 radical (unpaired) electrons. The van der Waals surface area contributed by atoms with Crippen molar-refractivity contribution < 1.29 is 33.5 Å². The zero-order valence-corrected chi connectivity index (χ0v) is 16.6. The van der Waals surface area contributed by atoms with Crippen molar-refractivity contribution in [2.75, 3.05) is 28.1 Å². The van der Waals surface area contributed by atoms with Gasteiger partial charge >= 0.3 is 0 Å². The minimum Gasteiger partial charge on any atom is -0.493 e. The van der Waals surface area contributed by atoms with Gasteiger partial charge in [-0.2, -0.15) is 0 Å². The van der Waals surface area contributed by atoms with E-state index in [-0.39, 0.29) is 18.6 Å². The van der Waals surface area contributed by atoms with Crippen molar-refractivity contribution in [1.82, 2.24) is 0 Å². The fourth-order valence-corrected chi connectivity index (χ4v) is 3.97. The number of fused-ring (bicyclic) bond motifs is 2. The number of benzene rings is 2. The fourth-order valence-electron chi connectivity index (χ4n) is 3.97. The van der Waals surface area contributed by atoms with Crippen molar-refractivity contribution in [2.45, 2.75) is 25.6 Å². The van der Waals surface area contributed by atoms with Crippen LogP contribution < -0.4 is 28.4 Å². The lowest BCUT2D eigenvalue weighted by molar-refractivity contribution is -0.171. The molecule has 7 heteroatoms. The Hall–Kier alpha value is -2.80. The van der Waals surface area contributed by atoms with Gasteiger partial charge in [-0.15, -0.1) is 0 Å². The molecule has 2 heterocycles. The molecule has 2 aliphatic rings. The first-order chi connectivity index (χ1) is 13.4. The highest BCUT2D eigenvalue weighted by Crippen LogP contribution is 2.54. The van der Waals surface area contributed by atoms with Crippen LogP contribution in [0, 0.1) is 5.92 Å². The Balaban J connectivity index is 1.95. The largest absolute Gasteiger partial charge is 0.493 e. The van der Waals surface area contributed by atoms with Crippen molar-refractivity contribution >= 4 is 0 Å². The van der Waals surface area contributed by atoms with E-state index < -0.39 is 5.79 Å². The van der Waals surface area contributed by atoms with Crippen molar-refractivity contribution in [3.63, 3.8) is 0 Å². The van der Waals surface area contributed by atoms with E-state index in [1.165, 1.54) is 0 Å². The Morgan fingerprint density at radius 3 is 2.25 bits per heavy atom. The number of hydrogen-bond donors (Lipinski definition) is 1. The van der Waals surface area contributed by atoms with Gasteiger partial charge < -0.3 is 33.5 Å². The van der Waals surface area contributed by atoms with E-state index >= 15 is 0 Å². The summed E-state index contributed by atoms with van der Waals surface area (Å²) in [6.07, 6.45) is 0. The molecule has 2 aromatic rings.